The van der Waals surface area contributed by atoms with Crippen molar-refractivity contribution in [2.45, 2.75) is 45.6 Å². The third kappa shape index (κ3) is 4.92. The van der Waals surface area contributed by atoms with Crippen molar-refractivity contribution in [1.82, 2.24) is 14.5 Å². The number of imide groups is 1. The largest absolute Gasteiger partial charge is 0.383 e. The molecule has 0 radical (unpaired) electrons. The molecule has 0 saturated carbocycles. The van der Waals surface area contributed by atoms with Crippen LogP contribution in [0.4, 0.5) is 11.5 Å². The van der Waals surface area contributed by atoms with Crippen molar-refractivity contribution in [3.05, 3.63) is 33.0 Å². The van der Waals surface area contributed by atoms with Gasteiger partial charge in [0.15, 0.2) is 5.69 Å². The zero-order chi connectivity index (χ0) is 24.1. The number of methoxy groups -OCH3 is 1. The maximum Gasteiger partial charge on any atom is 0.330 e. The number of hydrogen-bond donors (Lipinski definition) is 2. The molecule has 1 aromatic heterocycles. The van der Waals surface area contributed by atoms with Crippen LogP contribution in [0.2, 0.25) is 0 Å². The molecule has 3 N–H and O–H groups in total. The predicted octanol–water partition coefficient (Wildman–Crippen LogP) is 0.240. The number of amides is 3. The second kappa shape index (κ2) is 10.6. The second-order valence-corrected chi connectivity index (χ2v) is 8.27. The molecular weight excluding hydrogens is 430 g/mol. The second-order valence-electron chi connectivity index (χ2n) is 8.27. The van der Waals surface area contributed by atoms with Gasteiger partial charge in [-0.15, -0.1) is 0 Å². The highest BCUT2D eigenvalue weighted by molar-refractivity contribution is 6.06. The number of ether oxygens (including phenoxy) is 1. The van der Waals surface area contributed by atoms with Crippen LogP contribution in [0.3, 0.4) is 0 Å². The molecule has 1 fully saturated rings. The molecule has 0 spiro atoms. The number of rotatable bonds is 10. The van der Waals surface area contributed by atoms with Gasteiger partial charge in [-0.25, -0.2) is 4.79 Å². The molecule has 2 heterocycles. The number of nitrogens with zero attached hydrogens (tertiary/aromatic N) is 3. The Morgan fingerprint density at radius 2 is 1.79 bits per heavy atom. The Labute approximate surface area is 191 Å². The fraction of sp³-hybridized carbons (Fsp3) is 0.591. The SMILES string of the molecule is CCCCn1c(N)c(N(CCOC)C(=O)CCN2C(=O)C3CC=CCC3C2=O)c(=O)[nH]c1=O. The maximum atomic E-state index is 13.2. The van der Waals surface area contributed by atoms with Crippen LogP contribution in [-0.4, -0.2) is 59.0 Å². The number of nitrogens with one attached hydrogen (secondary N) is 1. The van der Waals surface area contributed by atoms with Crippen LogP contribution in [0.5, 0.6) is 0 Å². The summed E-state index contributed by atoms with van der Waals surface area (Å²) in [7, 11) is 1.45. The minimum Gasteiger partial charge on any atom is -0.383 e. The molecule has 3 rings (SSSR count). The average Bonchev–Trinajstić information content (AvgIpc) is 3.04. The van der Waals surface area contributed by atoms with Gasteiger partial charge in [-0.2, -0.15) is 0 Å². The Hall–Kier alpha value is -3.21. The summed E-state index contributed by atoms with van der Waals surface area (Å²) in [5, 5.41) is 0. The molecule has 0 aromatic carbocycles. The number of carbonyl (C=O) groups is 3. The van der Waals surface area contributed by atoms with Crippen molar-refractivity contribution in [2.24, 2.45) is 11.8 Å². The van der Waals surface area contributed by atoms with E-state index in [1.165, 1.54) is 16.6 Å². The van der Waals surface area contributed by atoms with Crippen LogP contribution in [0, 0.1) is 11.8 Å². The summed E-state index contributed by atoms with van der Waals surface area (Å²) in [6.45, 7) is 2.31. The first-order valence-corrected chi connectivity index (χ1v) is 11.2. The van der Waals surface area contributed by atoms with Crippen molar-refractivity contribution in [3.63, 3.8) is 0 Å². The summed E-state index contributed by atoms with van der Waals surface area (Å²) in [6.07, 6.45) is 6.13. The molecule has 1 aromatic rings. The summed E-state index contributed by atoms with van der Waals surface area (Å²) in [6, 6.07) is 0. The number of nitrogen functional groups attached to an aromatic ring is 1. The Morgan fingerprint density at radius 1 is 1.15 bits per heavy atom. The lowest BCUT2D eigenvalue weighted by molar-refractivity contribution is -0.140. The quantitative estimate of drug-likeness (QED) is 0.375. The van der Waals surface area contributed by atoms with E-state index in [2.05, 4.69) is 4.98 Å². The van der Waals surface area contributed by atoms with Gasteiger partial charge in [0.1, 0.15) is 5.82 Å². The van der Waals surface area contributed by atoms with Crippen molar-refractivity contribution in [2.75, 3.05) is 37.4 Å². The Bertz CT molecular complexity index is 1030. The number of aromatic amines is 1. The first-order chi connectivity index (χ1) is 15.8. The highest BCUT2D eigenvalue weighted by Crippen LogP contribution is 2.35. The number of nitrogens with two attached hydrogens (primary N) is 1. The summed E-state index contributed by atoms with van der Waals surface area (Å²) >= 11 is 0. The van der Waals surface area contributed by atoms with Crippen LogP contribution >= 0.6 is 0 Å². The van der Waals surface area contributed by atoms with E-state index in [0.717, 1.165) is 11.3 Å². The summed E-state index contributed by atoms with van der Waals surface area (Å²) in [4.78, 5) is 67.9. The van der Waals surface area contributed by atoms with Crippen LogP contribution < -0.4 is 21.9 Å². The van der Waals surface area contributed by atoms with Gasteiger partial charge in [-0.3, -0.25) is 33.6 Å². The lowest BCUT2D eigenvalue weighted by atomic mass is 9.85. The first kappa shape index (κ1) is 24.4. The average molecular weight is 462 g/mol. The molecule has 180 valence electrons. The zero-order valence-electron chi connectivity index (χ0n) is 19.0. The van der Waals surface area contributed by atoms with E-state index in [9.17, 15) is 24.0 Å². The van der Waals surface area contributed by atoms with Gasteiger partial charge in [-0.05, 0) is 19.3 Å². The highest BCUT2D eigenvalue weighted by atomic mass is 16.5. The van der Waals surface area contributed by atoms with Crippen molar-refractivity contribution in [1.29, 1.82) is 0 Å². The van der Waals surface area contributed by atoms with E-state index < -0.39 is 17.2 Å². The molecule has 0 bridgehead atoms. The van der Waals surface area contributed by atoms with Gasteiger partial charge in [0.2, 0.25) is 17.7 Å². The van der Waals surface area contributed by atoms with Crippen molar-refractivity contribution in [3.8, 4) is 0 Å². The Kier molecular flexibility index (Phi) is 7.85. The molecule has 2 atom stereocenters. The van der Waals surface area contributed by atoms with Gasteiger partial charge in [0, 0.05) is 33.2 Å². The summed E-state index contributed by atoms with van der Waals surface area (Å²) in [5.74, 6) is -1.89. The normalized spacial score (nSPS) is 19.8. The highest BCUT2D eigenvalue weighted by Gasteiger charge is 2.47. The van der Waals surface area contributed by atoms with E-state index in [-0.39, 0.29) is 61.3 Å². The molecular formula is C22H31N5O6. The Balaban J connectivity index is 1.83. The summed E-state index contributed by atoms with van der Waals surface area (Å²) < 4.78 is 6.31. The van der Waals surface area contributed by atoms with E-state index in [4.69, 9.17) is 10.5 Å². The lowest BCUT2D eigenvalue weighted by Crippen LogP contribution is -2.44. The van der Waals surface area contributed by atoms with Crippen LogP contribution in [-0.2, 0) is 25.7 Å². The number of anilines is 2. The first-order valence-electron chi connectivity index (χ1n) is 11.2. The van der Waals surface area contributed by atoms with Crippen molar-refractivity contribution < 1.29 is 19.1 Å². The number of hydrogen-bond acceptors (Lipinski definition) is 7. The molecule has 33 heavy (non-hydrogen) atoms. The summed E-state index contributed by atoms with van der Waals surface area (Å²) in [5.41, 5.74) is 4.61. The number of carbonyl (C=O) groups excluding carboxylic acids is 3. The molecule has 11 heteroatoms. The minimum atomic E-state index is -0.778. The minimum absolute atomic E-state index is 0.0195. The van der Waals surface area contributed by atoms with Gasteiger partial charge in [0.05, 0.1) is 18.4 Å². The van der Waals surface area contributed by atoms with E-state index in [1.54, 1.807) is 0 Å². The third-order valence-corrected chi connectivity index (χ3v) is 6.19. The molecule has 1 aliphatic heterocycles. The topological polar surface area (TPSA) is 148 Å². The fourth-order valence-corrected chi connectivity index (χ4v) is 4.35. The van der Waals surface area contributed by atoms with E-state index in [0.29, 0.717) is 25.8 Å². The number of fused-ring (bicyclic) bond motifs is 1. The maximum absolute atomic E-state index is 13.2. The Morgan fingerprint density at radius 3 is 2.36 bits per heavy atom. The van der Waals surface area contributed by atoms with Crippen LogP contribution in [0.15, 0.2) is 21.7 Å². The smallest absolute Gasteiger partial charge is 0.330 e. The van der Waals surface area contributed by atoms with Gasteiger partial charge >= 0.3 is 5.69 Å². The number of likely N-dealkylation sites (tertiary alicyclic amines) is 1. The van der Waals surface area contributed by atoms with Gasteiger partial charge in [0.25, 0.3) is 5.56 Å². The molecule has 1 aliphatic carbocycles. The number of H-pyrrole nitrogens is 1. The van der Waals surface area contributed by atoms with Gasteiger partial charge < -0.3 is 15.4 Å². The van der Waals surface area contributed by atoms with Crippen molar-refractivity contribution >= 4 is 29.2 Å². The molecule has 2 unspecified atom stereocenters. The molecule has 11 nitrogen and oxygen atoms in total. The molecule has 2 aliphatic rings. The monoisotopic (exact) mass is 461 g/mol. The fourth-order valence-electron chi connectivity index (χ4n) is 4.35. The van der Waals surface area contributed by atoms with Crippen LogP contribution in [0.1, 0.15) is 39.0 Å². The lowest BCUT2D eigenvalue weighted by Gasteiger charge is -2.25. The molecule has 1 saturated heterocycles. The van der Waals surface area contributed by atoms with Crippen LogP contribution in [0.25, 0.3) is 0 Å². The number of allylic oxidation sites excluding steroid dienone is 2. The standard InChI is InChI=1S/C22H31N5O6/c1-3-4-10-26-18(23)17(19(29)24-22(26)32)25(12-13-33-2)16(28)9-11-27-20(30)14-7-5-6-8-15(14)21(27)31/h5-6,14-15H,3-4,7-13,23H2,1-2H3,(H,24,29,32). The van der Waals surface area contributed by atoms with E-state index in [1.807, 2.05) is 19.1 Å². The number of aromatic nitrogens is 2. The van der Waals surface area contributed by atoms with E-state index >= 15 is 0 Å². The zero-order valence-corrected chi connectivity index (χ0v) is 19.0. The van der Waals surface area contributed by atoms with Gasteiger partial charge in [-0.1, -0.05) is 25.5 Å². The predicted molar refractivity (Wildman–Crippen MR) is 122 cm³/mol. The third-order valence-electron chi connectivity index (χ3n) is 6.19. The number of unbranched alkanes of at least 4 members (excludes halogenated alkanes) is 1. The molecule has 3 amide bonds.